The fourth-order valence-corrected chi connectivity index (χ4v) is 3.90. The minimum atomic E-state index is 0.452. The predicted octanol–water partition coefficient (Wildman–Crippen LogP) is 3.28. The monoisotopic (exact) mass is 252 g/mol. The van der Waals surface area contributed by atoms with Gasteiger partial charge < -0.3 is 5.32 Å². The molecule has 106 valence electrons. The van der Waals surface area contributed by atoms with Crippen LogP contribution in [0.25, 0.3) is 0 Å². The standard InChI is InChI=1S/C16H32N2/c1-13-7-5-8-14(2)18(13)12-16(3,4)15-9-6-10-17-11-15/h13-15,17H,5-12H2,1-4H3. The molecule has 0 aliphatic carbocycles. The molecule has 1 N–H and O–H groups in total. The zero-order valence-corrected chi connectivity index (χ0v) is 12.8. The lowest BCUT2D eigenvalue weighted by atomic mass is 9.74. The molecule has 0 aromatic carbocycles. The van der Waals surface area contributed by atoms with Crippen LogP contribution in [0, 0.1) is 11.3 Å². The van der Waals surface area contributed by atoms with Crippen LogP contribution in [-0.4, -0.2) is 36.6 Å². The fourth-order valence-electron chi connectivity index (χ4n) is 3.90. The molecule has 0 radical (unpaired) electrons. The van der Waals surface area contributed by atoms with Crippen molar-refractivity contribution in [2.45, 2.75) is 71.9 Å². The van der Waals surface area contributed by atoms with Crippen molar-refractivity contribution in [3.05, 3.63) is 0 Å². The summed E-state index contributed by atoms with van der Waals surface area (Å²) in [6, 6.07) is 1.56. The summed E-state index contributed by atoms with van der Waals surface area (Å²) in [5.74, 6) is 0.854. The van der Waals surface area contributed by atoms with Crippen molar-refractivity contribution in [2.24, 2.45) is 11.3 Å². The van der Waals surface area contributed by atoms with E-state index in [4.69, 9.17) is 0 Å². The first-order valence-corrected chi connectivity index (χ1v) is 7.97. The zero-order valence-electron chi connectivity index (χ0n) is 12.8. The topological polar surface area (TPSA) is 15.3 Å². The van der Waals surface area contributed by atoms with Gasteiger partial charge in [-0.15, -0.1) is 0 Å². The summed E-state index contributed by atoms with van der Waals surface area (Å²) in [6.45, 7) is 13.5. The molecule has 0 aromatic heterocycles. The van der Waals surface area contributed by atoms with Gasteiger partial charge in [0.2, 0.25) is 0 Å². The van der Waals surface area contributed by atoms with Crippen LogP contribution in [0.15, 0.2) is 0 Å². The van der Waals surface area contributed by atoms with Crippen LogP contribution < -0.4 is 5.32 Å². The highest BCUT2D eigenvalue weighted by atomic mass is 15.2. The molecule has 18 heavy (non-hydrogen) atoms. The molecule has 2 nitrogen and oxygen atoms in total. The van der Waals surface area contributed by atoms with Gasteiger partial charge in [-0.05, 0) is 64.0 Å². The molecule has 3 unspecified atom stereocenters. The number of likely N-dealkylation sites (tertiary alicyclic amines) is 1. The van der Waals surface area contributed by atoms with Gasteiger partial charge in [-0.2, -0.15) is 0 Å². The summed E-state index contributed by atoms with van der Waals surface area (Å²) < 4.78 is 0. The van der Waals surface area contributed by atoms with E-state index in [-0.39, 0.29) is 0 Å². The first kappa shape index (κ1) is 14.3. The van der Waals surface area contributed by atoms with Gasteiger partial charge in [0, 0.05) is 18.6 Å². The maximum atomic E-state index is 3.58. The van der Waals surface area contributed by atoms with Crippen molar-refractivity contribution < 1.29 is 0 Å². The van der Waals surface area contributed by atoms with Crippen LogP contribution in [0.5, 0.6) is 0 Å². The largest absolute Gasteiger partial charge is 0.316 e. The Bertz CT molecular complexity index is 246. The number of rotatable bonds is 3. The van der Waals surface area contributed by atoms with Crippen molar-refractivity contribution in [3.8, 4) is 0 Å². The summed E-state index contributed by atoms with van der Waals surface area (Å²) in [6.07, 6.45) is 6.98. The summed E-state index contributed by atoms with van der Waals surface area (Å²) >= 11 is 0. The molecule has 0 amide bonds. The van der Waals surface area contributed by atoms with Gasteiger partial charge in [0.25, 0.3) is 0 Å². The molecule has 3 atom stereocenters. The van der Waals surface area contributed by atoms with Crippen molar-refractivity contribution >= 4 is 0 Å². The molecule has 2 rings (SSSR count). The van der Waals surface area contributed by atoms with Crippen LogP contribution in [-0.2, 0) is 0 Å². The smallest absolute Gasteiger partial charge is 0.00699 e. The molecule has 2 heterocycles. The van der Waals surface area contributed by atoms with Gasteiger partial charge in [-0.25, -0.2) is 0 Å². The maximum absolute atomic E-state index is 3.58. The second-order valence-corrected chi connectivity index (χ2v) is 7.33. The van der Waals surface area contributed by atoms with Gasteiger partial charge >= 0.3 is 0 Å². The van der Waals surface area contributed by atoms with Crippen molar-refractivity contribution in [1.82, 2.24) is 10.2 Å². The Morgan fingerprint density at radius 2 is 1.72 bits per heavy atom. The lowest BCUT2D eigenvalue weighted by molar-refractivity contribution is 0.0297. The minimum Gasteiger partial charge on any atom is -0.316 e. The van der Waals surface area contributed by atoms with E-state index >= 15 is 0 Å². The second-order valence-electron chi connectivity index (χ2n) is 7.33. The van der Waals surface area contributed by atoms with Crippen LogP contribution in [0.3, 0.4) is 0 Å². The Kier molecular flexibility index (Phi) is 4.71. The van der Waals surface area contributed by atoms with E-state index in [0.29, 0.717) is 5.41 Å². The summed E-state index contributed by atoms with van der Waals surface area (Å²) in [7, 11) is 0. The Morgan fingerprint density at radius 3 is 2.28 bits per heavy atom. The van der Waals surface area contributed by atoms with Gasteiger partial charge in [-0.3, -0.25) is 4.90 Å². The van der Waals surface area contributed by atoms with Crippen molar-refractivity contribution in [1.29, 1.82) is 0 Å². The molecule has 0 saturated carbocycles. The van der Waals surface area contributed by atoms with Gasteiger partial charge in [0.15, 0.2) is 0 Å². The molecule has 2 saturated heterocycles. The lowest BCUT2D eigenvalue weighted by Crippen LogP contribution is -2.51. The molecule has 2 fully saturated rings. The predicted molar refractivity (Wildman–Crippen MR) is 78.9 cm³/mol. The number of nitrogens with one attached hydrogen (secondary N) is 1. The van der Waals surface area contributed by atoms with E-state index in [9.17, 15) is 0 Å². The molecule has 0 bridgehead atoms. The number of hydrogen-bond donors (Lipinski definition) is 1. The minimum absolute atomic E-state index is 0.452. The van der Waals surface area contributed by atoms with E-state index in [0.717, 1.165) is 18.0 Å². The average molecular weight is 252 g/mol. The number of nitrogens with zero attached hydrogens (tertiary/aromatic N) is 1. The van der Waals surface area contributed by atoms with Crippen molar-refractivity contribution in [3.63, 3.8) is 0 Å². The van der Waals surface area contributed by atoms with Crippen LogP contribution >= 0.6 is 0 Å². The summed E-state index contributed by atoms with van der Waals surface area (Å²) in [5, 5.41) is 3.58. The average Bonchev–Trinajstić information content (AvgIpc) is 2.35. The van der Waals surface area contributed by atoms with Gasteiger partial charge in [-0.1, -0.05) is 20.3 Å². The Labute approximate surface area is 114 Å². The van der Waals surface area contributed by atoms with Crippen LogP contribution in [0.2, 0.25) is 0 Å². The van der Waals surface area contributed by atoms with Crippen molar-refractivity contribution in [2.75, 3.05) is 19.6 Å². The SMILES string of the molecule is CC1CCCC(C)N1CC(C)(C)C1CCCNC1. The highest BCUT2D eigenvalue weighted by Gasteiger charge is 2.35. The molecule has 0 spiro atoms. The fraction of sp³-hybridized carbons (Fsp3) is 1.00. The summed E-state index contributed by atoms with van der Waals surface area (Å²) in [4.78, 5) is 2.78. The first-order valence-electron chi connectivity index (χ1n) is 7.97. The Morgan fingerprint density at radius 1 is 1.06 bits per heavy atom. The third-order valence-corrected chi connectivity index (χ3v) is 5.37. The van der Waals surface area contributed by atoms with E-state index < -0.39 is 0 Å². The molecular weight excluding hydrogens is 220 g/mol. The molecule has 0 aromatic rings. The van der Waals surface area contributed by atoms with E-state index in [1.807, 2.05) is 0 Å². The zero-order chi connectivity index (χ0) is 13.2. The van der Waals surface area contributed by atoms with E-state index in [1.54, 1.807) is 0 Å². The molecule has 2 aliphatic rings. The van der Waals surface area contributed by atoms with Crippen LogP contribution in [0.4, 0.5) is 0 Å². The highest BCUT2D eigenvalue weighted by molar-refractivity contribution is 4.89. The molecular formula is C16H32N2. The highest BCUT2D eigenvalue weighted by Crippen LogP contribution is 2.35. The summed E-state index contributed by atoms with van der Waals surface area (Å²) in [5.41, 5.74) is 0.452. The first-order chi connectivity index (χ1) is 8.50. The maximum Gasteiger partial charge on any atom is 0.00699 e. The number of piperidine rings is 2. The third-order valence-electron chi connectivity index (χ3n) is 5.37. The van der Waals surface area contributed by atoms with E-state index in [1.165, 1.54) is 51.7 Å². The number of hydrogen-bond acceptors (Lipinski definition) is 2. The molecule has 2 aliphatic heterocycles. The van der Waals surface area contributed by atoms with Gasteiger partial charge in [0.1, 0.15) is 0 Å². The van der Waals surface area contributed by atoms with Crippen LogP contribution in [0.1, 0.15) is 59.8 Å². The molecule has 2 heteroatoms. The van der Waals surface area contributed by atoms with E-state index in [2.05, 4.69) is 37.9 Å². The quantitative estimate of drug-likeness (QED) is 0.829. The van der Waals surface area contributed by atoms with Gasteiger partial charge in [0.05, 0.1) is 0 Å². The Balaban J connectivity index is 1.96. The normalized spacial score (nSPS) is 35.7. The lowest BCUT2D eigenvalue weighted by Gasteiger charge is -2.46. The Hall–Kier alpha value is -0.0800. The third kappa shape index (κ3) is 3.27. The second kappa shape index (κ2) is 5.92.